The zero-order valence-electron chi connectivity index (χ0n) is 35.1. The van der Waals surface area contributed by atoms with Gasteiger partial charge in [0.15, 0.2) is 17.5 Å². The van der Waals surface area contributed by atoms with Gasteiger partial charge >= 0.3 is 0 Å². The third-order valence-corrected chi connectivity index (χ3v) is 12.9. The van der Waals surface area contributed by atoms with E-state index in [1.807, 2.05) is 12.1 Å². The standard InChI is InChI=1S/C61H37N3O/c1-2-14-38(15-3-1)41-29-28-40-19-13-26-53(55(40)35-41)60-62-59(44-34-42-17-5-7-21-46(42)56(36-44)49-25-12-18-39-16-4-6-20-45(39)49)63-61(64-60)54-33-32-47(48-22-8-9-23-50(48)54)43-30-31-52-51-24-10-11-27-57(51)65-58(52)37-43/h1-37H. The SMILES string of the molecule is c1ccc(-c2ccc3cccc(-c4nc(-c5cc(-c6cccc7ccccc67)c6ccccc6c5)nc(-c5ccc(-c6ccc7c(c6)oc6ccccc67)c6ccccc56)n4)c3c2)cc1. The predicted octanol–water partition coefficient (Wildman–Crippen LogP) is 16.4. The van der Waals surface area contributed by atoms with Gasteiger partial charge < -0.3 is 4.42 Å². The van der Waals surface area contributed by atoms with Gasteiger partial charge in [-0.15, -0.1) is 0 Å². The maximum absolute atomic E-state index is 6.35. The van der Waals surface area contributed by atoms with E-state index in [0.29, 0.717) is 17.5 Å². The molecule has 65 heavy (non-hydrogen) atoms. The fraction of sp³-hybridized carbons (Fsp3) is 0. The molecule has 0 atom stereocenters. The molecule has 2 heterocycles. The normalized spacial score (nSPS) is 11.7. The van der Waals surface area contributed by atoms with E-state index in [1.165, 1.54) is 21.7 Å². The van der Waals surface area contributed by atoms with Crippen molar-refractivity contribution in [3.63, 3.8) is 0 Å². The van der Waals surface area contributed by atoms with Crippen LogP contribution in [0.2, 0.25) is 0 Å². The van der Waals surface area contributed by atoms with Crippen molar-refractivity contribution in [2.24, 2.45) is 0 Å². The van der Waals surface area contributed by atoms with Crippen molar-refractivity contribution >= 4 is 65.0 Å². The molecule has 11 aromatic carbocycles. The van der Waals surface area contributed by atoms with Crippen LogP contribution in [-0.4, -0.2) is 15.0 Å². The molecule has 4 heteroatoms. The van der Waals surface area contributed by atoms with Gasteiger partial charge in [-0.3, -0.25) is 0 Å². The minimum atomic E-state index is 0.608. The minimum Gasteiger partial charge on any atom is -0.456 e. The molecule has 0 saturated heterocycles. The monoisotopic (exact) mass is 827 g/mol. The second-order valence-electron chi connectivity index (χ2n) is 16.7. The van der Waals surface area contributed by atoms with E-state index in [4.69, 9.17) is 19.4 Å². The molecule has 0 unspecified atom stereocenters. The summed E-state index contributed by atoms with van der Waals surface area (Å²) in [5.74, 6) is 1.83. The first kappa shape index (κ1) is 36.9. The summed E-state index contributed by atoms with van der Waals surface area (Å²) in [4.78, 5) is 16.3. The van der Waals surface area contributed by atoms with Gasteiger partial charge in [-0.2, -0.15) is 0 Å². The highest BCUT2D eigenvalue weighted by Crippen LogP contribution is 2.41. The van der Waals surface area contributed by atoms with Crippen LogP contribution in [0.15, 0.2) is 229 Å². The van der Waals surface area contributed by atoms with Crippen LogP contribution in [0, 0.1) is 0 Å². The highest BCUT2D eigenvalue weighted by molar-refractivity contribution is 6.10. The Labute approximate surface area is 374 Å². The van der Waals surface area contributed by atoms with Crippen molar-refractivity contribution in [2.75, 3.05) is 0 Å². The quantitative estimate of drug-likeness (QED) is 0.168. The van der Waals surface area contributed by atoms with Crippen molar-refractivity contribution in [3.05, 3.63) is 224 Å². The molecule has 0 fully saturated rings. The number of benzene rings is 11. The number of fused-ring (bicyclic) bond motifs is 7. The first-order valence-electron chi connectivity index (χ1n) is 22.0. The molecule has 302 valence electrons. The van der Waals surface area contributed by atoms with Crippen LogP contribution < -0.4 is 0 Å². The van der Waals surface area contributed by atoms with Gasteiger partial charge in [-0.05, 0) is 119 Å². The molecule has 4 nitrogen and oxygen atoms in total. The molecule has 2 aromatic heterocycles. The lowest BCUT2D eigenvalue weighted by molar-refractivity contribution is 0.669. The van der Waals surface area contributed by atoms with Crippen LogP contribution in [0.1, 0.15) is 0 Å². The van der Waals surface area contributed by atoms with E-state index in [-0.39, 0.29) is 0 Å². The van der Waals surface area contributed by atoms with Crippen LogP contribution in [-0.2, 0) is 0 Å². The van der Waals surface area contributed by atoms with Gasteiger partial charge in [0.25, 0.3) is 0 Å². The first-order valence-corrected chi connectivity index (χ1v) is 22.0. The number of para-hydroxylation sites is 1. The number of hydrogen-bond donors (Lipinski definition) is 0. The Morgan fingerprint density at radius 3 is 1.58 bits per heavy atom. The number of rotatable bonds is 6. The third kappa shape index (κ3) is 6.26. The summed E-state index contributed by atoms with van der Waals surface area (Å²) in [7, 11) is 0. The van der Waals surface area contributed by atoms with Crippen molar-refractivity contribution < 1.29 is 4.42 Å². The van der Waals surface area contributed by atoms with Crippen LogP contribution in [0.25, 0.3) is 133 Å². The summed E-state index contributed by atoms with van der Waals surface area (Å²) < 4.78 is 6.35. The second-order valence-corrected chi connectivity index (χ2v) is 16.7. The summed E-state index contributed by atoms with van der Waals surface area (Å²) in [5, 5.41) is 11.3. The Hall–Kier alpha value is -8.73. The lowest BCUT2D eigenvalue weighted by Crippen LogP contribution is -2.01. The Morgan fingerprint density at radius 1 is 0.231 bits per heavy atom. The smallest absolute Gasteiger partial charge is 0.164 e. The zero-order chi connectivity index (χ0) is 42.8. The molecule has 0 radical (unpaired) electrons. The molecule has 0 aliphatic carbocycles. The van der Waals surface area contributed by atoms with E-state index in [1.54, 1.807) is 0 Å². The van der Waals surface area contributed by atoms with E-state index >= 15 is 0 Å². The van der Waals surface area contributed by atoms with Gasteiger partial charge in [0, 0.05) is 27.5 Å². The van der Waals surface area contributed by atoms with Gasteiger partial charge in [-0.25, -0.2) is 15.0 Å². The second kappa shape index (κ2) is 15.0. The van der Waals surface area contributed by atoms with Crippen LogP contribution in [0.3, 0.4) is 0 Å². The average molecular weight is 828 g/mol. The Kier molecular flexibility index (Phi) is 8.50. The van der Waals surface area contributed by atoms with E-state index < -0.39 is 0 Å². The molecule has 13 aromatic rings. The minimum absolute atomic E-state index is 0.608. The molecule has 0 spiro atoms. The maximum Gasteiger partial charge on any atom is 0.164 e. The molecule has 0 saturated carbocycles. The zero-order valence-corrected chi connectivity index (χ0v) is 35.1. The molecule has 0 N–H and O–H groups in total. The number of hydrogen-bond acceptors (Lipinski definition) is 4. The molecule has 0 aliphatic heterocycles. The maximum atomic E-state index is 6.35. The van der Waals surface area contributed by atoms with E-state index in [0.717, 1.165) is 93.4 Å². The molecule has 0 amide bonds. The van der Waals surface area contributed by atoms with Gasteiger partial charge in [0.1, 0.15) is 11.2 Å². The Bertz CT molecular complexity index is 4010. The summed E-state index contributed by atoms with van der Waals surface area (Å²) >= 11 is 0. The fourth-order valence-corrected chi connectivity index (χ4v) is 9.79. The largest absolute Gasteiger partial charge is 0.456 e. The third-order valence-electron chi connectivity index (χ3n) is 12.9. The number of furan rings is 1. The van der Waals surface area contributed by atoms with Gasteiger partial charge in [-0.1, -0.05) is 182 Å². The molecular formula is C61H37N3O. The summed E-state index contributed by atoms with van der Waals surface area (Å²) in [6, 6.07) is 79.5. The van der Waals surface area contributed by atoms with Crippen molar-refractivity contribution in [1.82, 2.24) is 15.0 Å². The van der Waals surface area contributed by atoms with Crippen molar-refractivity contribution in [1.29, 1.82) is 0 Å². The molecule has 0 bridgehead atoms. The first-order chi connectivity index (χ1) is 32.2. The summed E-state index contributed by atoms with van der Waals surface area (Å²) in [5.41, 5.74) is 11.3. The Morgan fingerprint density at radius 2 is 0.785 bits per heavy atom. The van der Waals surface area contributed by atoms with Gasteiger partial charge in [0.2, 0.25) is 0 Å². The highest BCUT2D eigenvalue weighted by Gasteiger charge is 2.20. The number of nitrogens with zero attached hydrogens (tertiary/aromatic N) is 3. The fourth-order valence-electron chi connectivity index (χ4n) is 9.79. The van der Waals surface area contributed by atoms with Crippen LogP contribution in [0.4, 0.5) is 0 Å². The van der Waals surface area contributed by atoms with Crippen molar-refractivity contribution in [2.45, 2.75) is 0 Å². The lowest BCUT2D eigenvalue weighted by Gasteiger charge is -2.15. The van der Waals surface area contributed by atoms with Gasteiger partial charge in [0.05, 0.1) is 0 Å². The topological polar surface area (TPSA) is 51.8 Å². The van der Waals surface area contributed by atoms with Crippen LogP contribution >= 0.6 is 0 Å². The lowest BCUT2D eigenvalue weighted by atomic mass is 9.92. The predicted molar refractivity (Wildman–Crippen MR) is 270 cm³/mol. The van der Waals surface area contributed by atoms with E-state index in [9.17, 15) is 0 Å². The molecule has 0 aliphatic rings. The van der Waals surface area contributed by atoms with E-state index in [2.05, 4.69) is 212 Å². The molecule has 13 rings (SSSR count). The van der Waals surface area contributed by atoms with Crippen LogP contribution in [0.5, 0.6) is 0 Å². The summed E-state index contributed by atoms with van der Waals surface area (Å²) in [6.45, 7) is 0. The molecular weight excluding hydrogens is 791 g/mol. The van der Waals surface area contributed by atoms with Crippen molar-refractivity contribution in [3.8, 4) is 67.5 Å². The Balaban J connectivity index is 1.05. The average Bonchev–Trinajstić information content (AvgIpc) is 3.75. The highest BCUT2D eigenvalue weighted by atomic mass is 16.3. The number of aromatic nitrogens is 3. The summed E-state index contributed by atoms with van der Waals surface area (Å²) in [6.07, 6.45) is 0.